The van der Waals surface area contributed by atoms with Crippen molar-refractivity contribution < 1.29 is 58.1 Å². The largest absolute Gasteiger partial charge is 0.467 e. The summed E-state index contributed by atoms with van der Waals surface area (Å²) >= 11 is 0. The first-order valence-corrected chi connectivity index (χ1v) is 14.3. The quantitative estimate of drug-likeness (QED) is 0.0823. The zero-order valence-electron chi connectivity index (χ0n) is 24.4. The number of rotatable bonds is 14. The van der Waals surface area contributed by atoms with E-state index in [4.69, 9.17) is 41.3 Å². The highest BCUT2D eigenvalue weighted by atomic mass is 19.3. The molecule has 0 amide bonds. The molecule has 43 heavy (non-hydrogen) atoms. The maximum atomic E-state index is 14.0. The van der Waals surface area contributed by atoms with E-state index in [0.29, 0.717) is 18.7 Å². The number of nitrogens with one attached hydrogen (secondary N) is 2. The molecule has 1 aliphatic carbocycles. The van der Waals surface area contributed by atoms with Crippen LogP contribution in [0.2, 0.25) is 0 Å². The van der Waals surface area contributed by atoms with Crippen LogP contribution in [0.1, 0.15) is 26.2 Å². The highest BCUT2D eigenvalue weighted by molar-refractivity contribution is 5.84. The van der Waals surface area contributed by atoms with Gasteiger partial charge in [-0.3, -0.25) is 4.79 Å². The molecule has 0 aromatic rings. The molecule has 2 fully saturated rings. The summed E-state index contributed by atoms with van der Waals surface area (Å²) in [6.45, 7) is 0.455. The number of carbonyl (C=O) groups excluding carboxylic acids is 1. The van der Waals surface area contributed by atoms with Crippen molar-refractivity contribution in [3.63, 3.8) is 0 Å². The van der Waals surface area contributed by atoms with Gasteiger partial charge < -0.3 is 72.3 Å². The molecular formula is C26H47F2N5O10. The van der Waals surface area contributed by atoms with E-state index in [-0.39, 0.29) is 26.2 Å². The molecule has 13 N–H and O–H groups in total. The molecule has 17 heteroatoms. The van der Waals surface area contributed by atoms with Crippen LogP contribution in [0.4, 0.5) is 8.78 Å². The van der Waals surface area contributed by atoms with Gasteiger partial charge in [0.15, 0.2) is 18.2 Å². The third-order valence-electron chi connectivity index (χ3n) is 8.12. The van der Waals surface area contributed by atoms with Gasteiger partial charge >= 0.3 is 0 Å². The van der Waals surface area contributed by atoms with Crippen molar-refractivity contribution in [3.05, 3.63) is 11.8 Å². The number of ketones is 1. The Morgan fingerprint density at radius 3 is 2.51 bits per heavy atom. The average molecular weight is 628 g/mol. The van der Waals surface area contributed by atoms with Gasteiger partial charge in [-0.15, -0.1) is 0 Å². The predicted octanol–water partition coefficient (Wildman–Crippen LogP) is -4.03. The lowest BCUT2D eigenvalue weighted by Crippen LogP contribution is -2.67. The molecule has 0 aromatic heterocycles. The summed E-state index contributed by atoms with van der Waals surface area (Å²) in [6.07, 6.45) is -9.38. The fourth-order valence-corrected chi connectivity index (χ4v) is 5.70. The molecule has 2 aliphatic heterocycles. The molecule has 250 valence electrons. The lowest BCUT2D eigenvalue weighted by atomic mass is 9.76. The van der Waals surface area contributed by atoms with Gasteiger partial charge in [-0.1, -0.05) is 0 Å². The minimum atomic E-state index is -3.88. The van der Waals surface area contributed by atoms with Crippen LogP contribution in [-0.2, 0) is 23.7 Å². The second kappa shape index (κ2) is 15.2. The van der Waals surface area contributed by atoms with Crippen LogP contribution in [-0.4, -0.2) is 144 Å². The van der Waals surface area contributed by atoms with Crippen molar-refractivity contribution in [2.24, 2.45) is 23.1 Å². The van der Waals surface area contributed by atoms with Crippen molar-refractivity contribution in [2.45, 2.75) is 98.9 Å². The fraction of sp³-hybridized carbons (Fsp3) is 0.885. The Morgan fingerprint density at radius 2 is 1.88 bits per heavy atom. The Morgan fingerprint density at radius 1 is 1.21 bits per heavy atom. The van der Waals surface area contributed by atoms with E-state index < -0.39 is 97.4 Å². The third kappa shape index (κ3) is 8.63. The summed E-state index contributed by atoms with van der Waals surface area (Å²) in [7, 11) is 1.51. The first kappa shape index (κ1) is 36.0. The van der Waals surface area contributed by atoms with E-state index in [1.54, 1.807) is 6.08 Å². The molecular weight excluding hydrogens is 580 g/mol. The fourth-order valence-electron chi connectivity index (χ4n) is 5.70. The SMILES string of the molecule is CN[C@@H]1[C@@H](O)[C@@H](O[C@H]2[C@H](CC(=O)C(O)C(F)(F)CN)C[C@H](N)C(O[C@H]3OC(CNCCO)=CC[C@H]3N)[C@@H]2O)OC[C@]1(C)O. The molecule has 12 atom stereocenters. The topological polar surface area (TPSA) is 257 Å². The Labute approximate surface area is 248 Å². The average Bonchev–Trinajstić information content (AvgIpc) is 2.95. The van der Waals surface area contributed by atoms with Gasteiger partial charge in [-0.25, -0.2) is 8.78 Å². The highest BCUT2D eigenvalue weighted by Crippen LogP contribution is 2.36. The summed E-state index contributed by atoms with van der Waals surface area (Å²) in [5.41, 5.74) is 16.1. The minimum Gasteiger partial charge on any atom is -0.467 e. The third-order valence-corrected chi connectivity index (χ3v) is 8.12. The van der Waals surface area contributed by atoms with Gasteiger partial charge in [0.2, 0.25) is 6.29 Å². The Hall–Kier alpha value is -1.45. The van der Waals surface area contributed by atoms with Crippen molar-refractivity contribution in [1.29, 1.82) is 0 Å². The first-order valence-electron chi connectivity index (χ1n) is 14.3. The number of ether oxygens (including phenoxy) is 4. The number of Topliss-reactive ketones (excluding diaryl/α,β-unsaturated/α-hetero) is 1. The van der Waals surface area contributed by atoms with E-state index in [1.807, 2.05) is 0 Å². The lowest BCUT2D eigenvalue weighted by molar-refractivity contribution is -0.308. The van der Waals surface area contributed by atoms with Gasteiger partial charge in [0.1, 0.15) is 29.7 Å². The smallest absolute Gasteiger partial charge is 0.292 e. The number of nitrogens with two attached hydrogens (primary N) is 3. The summed E-state index contributed by atoms with van der Waals surface area (Å²) in [5.74, 6) is -5.65. The molecule has 1 saturated heterocycles. The minimum absolute atomic E-state index is 0.0756. The number of hydrogen-bond donors (Lipinski definition) is 10. The normalized spacial score (nSPS) is 39.6. The van der Waals surface area contributed by atoms with Crippen molar-refractivity contribution in [2.75, 3.05) is 39.9 Å². The van der Waals surface area contributed by atoms with Crippen LogP contribution in [0.5, 0.6) is 0 Å². The number of halogens is 2. The van der Waals surface area contributed by atoms with Crippen molar-refractivity contribution >= 4 is 5.78 Å². The molecule has 0 bridgehead atoms. The standard InChI is InChI=1S/C26H47F2N5O10/c1-25(39)11-40-24(18(37)21(25)32-2)42-19-12(8-16(35)22(38)26(27,28)10-29)7-15(31)20(17(19)36)43-23-14(30)4-3-13(41-23)9-33-5-6-34/h3,12,14-15,17-24,32-34,36-39H,4-11,29-31H2,1-2H3/t12-,14+,15-,17+,18+,19-,20?,21+,22?,23+,24+,25-/m0/s1. The Kier molecular flexibility index (Phi) is 12.8. The van der Waals surface area contributed by atoms with Crippen LogP contribution < -0.4 is 27.8 Å². The summed E-state index contributed by atoms with van der Waals surface area (Å²) < 4.78 is 51.5. The van der Waals surface area contributed by atoms with Gasteiger partial charge in [-0.05, 0) is 38.8 Å². The van der Waals surface area contributed by atoms with Crippen LogP contribution in [0.15, 0.2) is 11.8 Å². The van der Waals surface area contributed by atoms with Crippen LogP contribution in [0.25, 0.3) is 0 Å². The summed E-state index contributed by atoms with van der Waals surface area (Å²) in [4.78, 5) is 12.7. The molecule has 0 spiro atoms. The Bertz CT molecular complexity index is 950. The molecule has 3 rings (SSSR count). The van der Waals surface area contributed by atoms with E-state index in [1.165, 1.54) is 14.0 Å². The second-order valence-electron chi connectivity index (χ2n) is 11.6. The van der Waals surface area contributed by atoms with Gasteiger partial charge in [-0.2, -0.15) is 0 Å². The molecule has 3 aliphatic rings. The van der Waals surface area contributed by atoms with E-state index in [9.17, 15) is 34.0 Å². The summed E-state index contributed by atoms with van der Waals surface area (Å²) in [6, 6.07) is -2.51. The van der Waals surface area contributed by atoms with Crippen LogP contribution in [0, 0.1) is 5.92 Å². The molecule has 2 unspecified atom stereocenters. The highest BCUT2D eigenvalue weighted by Gasteiger charge is 2.52. The monoisotopic (exact) mass is 627 g/mol. The first-order chi connectivity index (χ1) is 20.2. The molecule has 1 saturated carbocycles. The zero-order valence-corrected chi connectivity index (χ0v) is 24.4. The molecule has 15 nitrogen and oxygen atoms in total. The van der Waals surface area contributed by atoms with Crippen molar-refractivity contribution in [3.8, 4) is 0 Å². The Balaban J connectivity index is 1.82. The summed E-state index contributed by atoms with van der Waals surface area (Å²) in [5, 5.41) is 57.8. The number of aliphatic hydroxyl groups is 5. The number of carbonyl (C=O) groups is 1. The van der Waals surface area contributed by atoms with E-state index in [2.05, 4.69) is 10.6 Å². The van der Waals surface area contributed by atoms with E-state index in [0.717, 1.165) is 0 Å². The molecule has 0 radical (unpaired) electrons. The lowest BCUT2D eigenvalue weighted by Gasteiger charge is -2.48. The number of likely N-dealkylation sites (N-methyl/N-ethyl adjacent to an activating group) is 1. The maximum absolute atomic E-state index is 14.0. The van der Waals surface area contributed by atoms with E-state index >= 15 is 0 Å². The zero-order chi connectivity index (χ0) is 32.1. The number of alkyl halides is 2. The predicted molar refractivity (Wildman–Crippen MR) is 146 cm³/mol. The van der Waals surface area contributed by atoms with Gasteiger partial charge in [0, 0.05) is 19.0 Å². The molecule has 0 aromatic carbocycles. The van der Waals surface area contributed by atoms with Crippen molar-refractivity contribution in [1.82, 2.24) is 10.6 Å². The molecule has 2 heterocycles. The maximum Gasteiger partial charge on any atom is 0.292 e. The number of aliphatic hydroxyl groups excluding tert-OH is 4. The van der Waals surface area contributed by atoms with Gasteiger partial charge in [0.25, 0.3) is 5.92 Å². The van der Waals surface area contributed by atoms with Crippen LogP contribution in [0.3, 0.4) is 0 Å². The number of hydrogen-bond acceptors (Lipinski definition) is 15. The second-order valence-corrected chi connectivity index (χ2v) is 11.6. The van der Waals surface area contributed by atoms with Crippen LogP contribution >= 0.6 is 0 Å². The van der Waals surface area contributed by atoms with Gasteiger partial charge in [0.05, 0.1) is 44.5 Å².